The van der Waals surface area contributed by atoms with Gasteiger partial charge in [-0.2, -0.15) is 0 Å². The van der Waals surface area contributed by atoms with E-state index in [-0.39, 0.29) is 6.54 Å². The van der Waals surface area contributed by atoms with E-state index in [2.05, 4.69) is 5.32 Å². The van der Waals surface area contributed by atoms with Gasteiger partial charge < -0.3 is 10.4 Å². The summed E-state index contributed by atoms with van der Waals surface area (Å²) in [5, 5.41) is 12.9. The molecule has 16 heavy (non-hydrogen) atoms. The summed E-state index contributed by atoms with van der Waals surface area (Å²) in [6, 6.07) is 5.13. The van der Waals surface area contributed by atoms with Crippen molar-refractivity contribution >= 4 is 34.9 Å². The molecule has 5 heteroatoms. The van der Waals surface area contributed by atoms with Crippen LogP contribution in [0.2, 0.25) is 10.0 Å². The van der Waals surface area contributed by atoms with Crippen molar-refractivity contribution in [1.29, 1.82) is 0 Å². The lowest BCUT2D eigenvalue weighted by Crippen LogP contribution is -2.31. The molecule has 0 amide bonds. The smallest absolute Gasteiger partial charge is 0.310 e. The molecule has 1 aromatic rings. The SMILES string of the molecule is CC(C)(CNc1c(Cl)cccc1Cl)C(=O)O. The summed E-state index contributed by atoms with van der Waals surface area (Å²) in [5.41, 5.74) is -0.303. The molecule has 0 saturated heterocycles. The minimum absolute atomic E-state index is 0.256. The summed E-state index contributed by atoms with van der Waals surface area (Å²) >= 11 is 11.9. The van der Waals surface area contributed by atoms with Crippen LogP contribution in [0, 0.1) is 5.41 Å². The summed E-state index contributed by atoms with van der Waals surface area (Å²) in [5.74, 6) is -0.872. The number of benzene rings is 1. The van der Waals surface area contributed by atoms with E-state index in [1.54, 1.807) is 32.0 Å². The maximum absolute atomic E-state index is 10.9. The molecule has 88 valence electrons. The predicted molar refractivity (Wildman–Crippen MR) is 66.4 cm³/mol. The molecule has 0 atom stereocenters. The van der Waals surface area contributed by atoms with Crippen LogP contribution in [0.25, 0.3) is 0 Å². The molecular formula is C11H13Cl2NO2. The second kappa shape index (κ2) is 4.93. The van der Waals surface area contributed by atoms with Gasteiger partial charge in [-0.3, -0.25) is 4.79 Å². The number of carboxylic acid groups (broad SMARTS) is 1. The van der Waals surface area contributed by atoms with Crippen LogP contribution in [0.1, 0.15) is 13.8 Å². The predicted octanol–water partition coefficient (Wildman–Crippen LogP) is 3.52. The highest BCUT2D eigenvalue weighted by Crippen LogP contribution is 2.30. The first kappa shape index (κ1) is 13.1. The highest BCUT2D eigenvalue weighted by atomic mass is 35.5. The average Bonchev–Trinajstić information content (AvgIpc) is 2.16. The molecule has 3 nitrogen and oxygen atoms in total. The van der Waals surface area contributed by atoms with Crippen LogP contribution in [-0.4, -0.2) is 17.6 Å². The molecule has 0 fully saturated rings. The van der Waals surface area contributed by atoms with Gasteiger partial charge in [-0.05, 0) is 26.0 Å². The zero-order valence-corrected chi connectivity index (χ0v) is 10.6. The molecule has 0 spiro atoms. The molecule has 1 aromatic carbocycles. The number of carboxylic acids is 1. The van der Waals surface area contributed by atoms with Crippen molar-refractivity contribution in [2.75, 3.05) is 11.9 Å². The highest BCUT2D eigenvalue weighted by Gasteiger charge is 2.27. The van der Waals surface area contributed by atoms with Crippen LogP contribution in [-0.2, 0) is 4.79 Å². The molecule has 0 aliphatic rings. The average molecular weight is 262 g/mol. The summed E-state index contributed by atoms with van der Waals surface area (Å²) < 4.78 is 0. The van der Waals surface area contributed by atoms with Gasteiger partial charge in [0, 0.05) is 6.54 Å². The molecule has 0 aliphatic heterocycles. The van der Waals surface area contributed by atoms with Crippen LogP contribution < -0.4 is 5.32 Å². The number of carbonyl (C=O) groups is 1. The normalized spacial score (nSPS) is 11.2. The molecule has 0 bridgehead atoms. The molecule has 0 heterocycles. The van der Waals surface area contributed by atoms with Crippen molar-refractivity contribution in [2.45, 2.75) is 13.8 Å². The van der Waals surface area contributed by atoms with Crippen molar-refractivity contribution in [3.8, 4) is 0 Å². The summed E-state index contributed by atoms with van der Waals surface area (Å²) in [4.78, 5) is 10.9. The van der Waals surface area contributed by atoms with Gasteiger partial charge in [0.1, 0.15) is 0 Å². The lowest BCUT2D eigenvalue weighted by Gasteiger charge is -2.21. The Morgan fingerprint density at radius 3 is 2.31 bits per heavy atom. The zero-order valence-electron chi connectivity index (χ0n) is 9.05. The fourth-order valence-electron chi connectivity index (χ4n) is 1.05. The Morgan fingerprint density at radius 2 is 1.88 bits per heavy atom. The summed E-state index contributed by atoms with van der Waals surface area (Å²) in [7, 11) is 0. The third kappa shape index (κ3) is 3.03. The number of hydrogen-bond donors (Lipinski definition) is 2. The zero-order chi connectivity index (χ0) is 12.3. The van der Waals surface area contributed by atoms with Gasteiger partial charge in [-0.1, -0.05) is 29.3 Å². The van der Waals surface area contributed by atoms with E-state index in [1.807, 2.05) is 0 Å². The van der Waals surface area contributed by atoms with Crippen molar-refractivity contribution in [1.82, 2.24) is 0 Å². The Morgan fingerprint density at radius 1 is 1.38 bits per heavy atom. The first-order valence-electron chi connectivity index (χ1n) is 4.76. The number of nitrogens with one attached hydrogen (secondary N) is 1. The Balaban J connectivity index is 2.79. The number of para-hydroxylation sites is 1. The van der Waals surface area contributed by atoms with Crippen LogP contribution in [0.4, 0.5) is 5.69 Å². The maximum atomic E-state index is 10.9. The van der Waals surface area contributed by atoms with Gasteiger partial charge in [0.05, 0.1) is 21.1 Å². The molecule has 0 unspecified atom stereocenters. The second-order valence-corrected chi connectivity index (χ2v) is 4.95. The molecule has 1 rings (SSSR count). The van der Waals surface area contributed by atoms with Crippen molar-refractivity contribution in [2.24, 2.45) is 5.41 Å². The van der Waals surface area contributed by atoms with Crippen molar-refractivity contribution in [3.05, 3.63) is 28.2 Å². The number of hydrogen-bond acceptors (Lipinski definition) is 2. The van der Waals surface area contributed by atoms with Crippen LogP contribution in [0.5, 0.6) is 0 Å². The van der Waals surface area contributed by atoms with E-state index in [0.717, 1.165) is 0 Å². The van der Waals surface area contributed by atoms with Gasteiger partial charge in [0.15, 0.2) is 0 Å². The second-order valence-electron chi connectivity index (χ2n) is 4.14. The van der Waals surface area contributed by atoms with Crippen molar-refractivity contribution in [3.63, 3.8) is 0 Å². The van der Waals surface area contributed by atoms with Gasteiger partial charge in [0.25, 0.3) is 0 Å². The third-order valence-corrected chi connectivity index (χ3v) is 2.88. The molecule has 0 saturated carbocycles. The van der Waals surface area contributed by atoms with Crippen LogP contribution >= 0.6 is 23.2 Å². The maximum Gasteiger partial charge on any atom is 0.310 e. The number of halogens is 2. The van der Waals surface area contributed by atoms with E-state index in [4.69, 9.17) is 28.3 Å². The quantitative estimate of drug-likeness (QED) is 0.872. The monoisotopic (exact) mass is 261 g/mol. The van der Waals surface area contributed by atoms with Gasteiger partial charge in [-0.15, -0.1) is 0 Å². The molecule has 0 radical (unpaired) electrons. The topological polar surface area (TPSA) is 49.3 Å². The molecule has 2 N–H and O–H groups in total. The highest BCUT2D eigenvalue weighted by molar-refractivity contribution is 6.39. The van der Waals surface area contributed by atoms with E-state index >= 15 is 0 Å². The van der Waals surface area contributed by atoms with Crippen LogP contribution in [0.3, 0.4) is 0 Å². The Labute approximate surface area is 104 Å². The van der Waals surface area contributed by atoms with Gasteiger partial charge in [0.2, 0.25) is 0 Å². The largest absolute Gasteiger partial charge is 0.481 e. The minimum Gasteiger partial charge on any atom is -0.481 e. The Kier molecular flexibility index (Phi) is 4.05. The number of rotatable bonds is 4. The Bertz CT molecular complexity index is 385. The third-order valence-electron chi connectivity index (χ3n) is 2.25. The van der Waals surface area contributed by atoms with Crippen molar-refractivity contribution < 1.29 is 9.90 Å². The fourth-order valence-corrected chi connectivity index (χ4v) is 1.58. The Hall–Kier alpha value is -0.930. The van der Waals surface area contributed by atoms with E-state index in [9.17, 15) is 4.79 Å². The number of anilines is 1. The minimum atomic E-state index is -0.873. The first-order chi connectivity index (χ1) is 7.34. The van der Waals surface area contributed by atoms with E-state index < -0.39 is 11.4 Å². The molecule has 0 aliphatic carbocycles. The lowest BCUT2D eigenvalue weighted by atomic mass is 9.94. The van der Waals surface area contributed by atoms with E-state index in [1.165, 1.54) is 0 Å². The van der Waals surface area contributed by atoms with Crippen LogP contribution in [0.15, 0.2) is 18.2 Å². The van der Waals surface area contributed by atoms with Gasteiger partial charge in [-0.25, -0.2) is 0 Å². The lowest BCUT2D eigenvalue weighted by molar-refractivity contribution is -0.146. The fraction of sp³-hybridized carbons (Fsp3) is 0.364. The summed E-state index contributed by atoms with van der Waals surface area (Å²) in [6.45, 7) is 3.52. The summed E-state index contributed by atoms with van der Waals surface area (Å²) in [6.07, 6.45) is 0. The number of aliphatic carboxylic acids is 1. The molecule has 0 aromatic heterocycles. The van der Waals surface area contributed by atoms with Gasteiger partial charge >= 0.3 is 5.97 Å². The molecular weight excluding hydrogens is 249 g/mol. The standard InChI is InChI=1S/C11H13Cl2NO2/c1-11(2,10(15)16)6-14-9-7(12)4-3-5-8(9)13/h3-5,14H,6H2,1-2H3,(H,15,16). The first-order valence-corrected chi connectivity index (χ1v) is 5.51. The van der Waals surface area contributed by atoms with E-state index in [0.29, 0.717) is 15.7 Å².